The van der Waals surface area contributed by atoms with Crippen molar-refractivity contribution in [3.05, 3.63) is 0 Å². The van der Waals surface area contributed by atoms with E-state index in [9.17, 15) is 18.1 Å². The average molecular weight is 389 g/mol. The SMILES string of the molecule is CCCCCCCCCCCC(O)CC(CCCC)S(=O)(=O)[O-].[K+]. The molecule has 0 fully saturated rings. The van der Waals surface area contributed by atoms with Gasteiger partial charge in [0, 0.05) is 0 Å². The van der Waals surface area contributed by atoms with Gasteiger partial charge in [0.2, 0.25) is 0 Å². The Labute approximate surface area is 192 Å². The predicted octanol–water partition coefficient (Wildman–Crippen LogP) is 1.77. The quantitative estimate of drug-likeness (QED) is 0.248. The third-order valence-electron chi connectivity index (χ3n) is 4.46. The van der Waals surface area contributed by atoms with Crippen molar-refractivity contribution < 1.29 is 69.5 Å². The third kappa shape index (κ3) is 16.9. The molecule has 0 radical (unpaired) electrons. The Balaban J connectivity index is 0. The number of rotatable bonds is 16. The van der Waals surface area contributed by atoms with Crippen LogP contribution in [-0.2, 0) is 10.1 Å². The van der Waals surface area contributed by atoms with Crippen LogP contribution in [0.3, 0.4) is 0 Å². The van der Waals surface area contributed by atoms with Crippen molar-refractivity contribution in [2.24, 2.45) is 0 Å². The van der Waals surface area contributed by atoms with Crippen LogP contribution in [0.2, 0.25) is 0 Å². The summed E-state index contributed by atoms with van der Waals surface area (Å²) in [4.78, 5) is 0. The maximum absolute atomic E-state index is 11.2. The monoisotopic (exact) mass is 388 g/mol. The van der Waals surface area contributed by atoms with Crippen LogP contribution in [0, 0.1) is 0 Å². The summed E-state index contributed by atoms with van der Waals surface area (Å²) in [6.45, 7) is 4.18. The fourth-order valence-electron chi connectivity index (χ4n) is 2.92. The zero-order chi connectivity index (χ0) is 17.6. The summed E-state index contributed by atoms with van der Waals surface area (Å²) >= 11 is 0. The first-order valence-electron chi connectivity index (χ1n) is 9.54. The molecule has 0 saturated heterocycles. The van der Waals surface area contributed by atoms with Gasteiger partial charge in [-0.25, -0.2) is 8.42 Å². The number of hydrogen-bond donors (Lipinski definition) is 1. The molecule has 4 nitrogen and oxygen atoms in total. The van der Waals surface area contributed by atoms with Gasteiger partial charge in [-0.1, -0.05) is 84.5 Å². The Morgan fingerprint density at radius 2 is 1.25 bits per heavy atom. The first-order chi connectivity index (χ1) is 10.9. The number of aliphatic hydroxyl groups is 1. The first-order valence-corrected chi connectivity index (χ1v) is 11.0. The van der Waals surface area contributed by atoms with Crippen LogP contribution in [0.4, 0.5) is 0 Å². The molecule has 24 heavy (non-hydrogen) atoms. The molecular formula is C18H37KO4S. The number of unbranched alkanes of at least 4 members (excludes halogenated alkanes) is 9. The minimum absolute atomic E-state index is 0. The van der Waals surface area contributed by atoms with E-state index in [1.807, 2.05) is 6.92 Å². The molecule has 0 heterocycles. The molecule has 0 aromatic carbocycles. The Kier molecular flexibility index (Phi) is 20.7. The van der Waals surface area contributed by atoms with Gasteiger partial charge in [-0.3, -0.25) is 0 Å². The van der Waals surface area contributed by atoms with E-state index >= 15 is 0 Å². The fraction of sp³-hybridized carbons (Fsp3) is 1.00. The van der Waals surface area contributed by atoms with Gasteiger partial charge in [0.05, 0.1) is 21.5 Å². The zero-order valence-electron chi connectivity index (χ0n) is 16.1. The summed E-state index contributed by atoms with van der Waals surface area (Å²) < 4.78 is 33.7. The summed E-state index contributed by atoms with van der Waals surface area (Å²) in [5.74, 6) is 0. The molecule has 0 aliphatic rings. The van der Waals surface area contributed by atoms with Crippen LogP contribution in [-0.4, -0.2) is 29.4 Å². The minimum Gasteiger partial charge on any atom is -0.748 e. The fourth-order valence-corrected chi connectivity index (χ4v) is 3.84. The van der Waals surface area contributed by atoms with E-state index in [2.05, 4.69) is 6.92 Å². The molecule has 0 spiro atoms. The van der Waals surface area contributed by atoms with Gasteiger partial charge in [0.25, 0.3) is 0 Å². The molecule has 0 aromatic rings. The van der Waals surface area contributed by atoms with Crippen molar-refractivity contribution in [1.82, 2.24) is 0 Å². The van der Waals surface area contributed by atoms with Crippen molar-refractivity contribution in [3.8, 4) is 0 Å². The topological polar surface area (TPSA) is 77.4 Å². The Morgan fingerprint density at radius 3 is 1.71 bits per heavy atom. The minimum atomic E-state index is -4.29. The molecule has 0 aromatic heterocycles. The van der Waals surface area contributed by atoms with E-state index in [0.717, 1.165) is 25.7 Å². The largest absolute Gasteiger partial charge is 1.00 e. The first kappa shape index (κ1) is 27.7. The van der Waals surface area contributed by atoms with Crippen LogP contribution in [0.1, 0.15) is 104 Å². The second kappa shape index (κ2) is 17.9. The summed E-state index contributed by atoms with van der Waals surface area (Å²) in [7, 11) is -4.29. The maximum atomic E-state index is 11.2. The third-order valence-corrected chi connectivity index (χ3v) is 5.71. The standard InChI is InChI=1S/C18H38O4S.K/c1-3-5-7-8-9-10-11-12-13-14-17(19)16-18(15-6-4-2)23(20,21)22;/h17-19H,3-16H2,1-2H3,(H,20,21,22);/q;+1/p-1. The second-order valence-corrected chi connectivity index (χ2v) is 8.42. The van der Waals surface area contributed by atoms with Crippen LogP contribution in [0.25, 0.3) is 0 Å². The molecular weight excluding hydrogens is 351 g/mol. The molecule has 140 valence electrons. The van der Waals surface area contributed by atoms with E-state index in [1.54, 1.807) is 0 Å². The van der Waals surface area contributed by atoms with Crippen LogP contribution in [0.5, 0.6) is 0 Å². The molecule has 0 bridgehead atoms. The normalized spacial score (nSPS) is 14.2. The molecule has 0 aliphatic heterocycles. The Hall–Kier alpha value is 1.51. The van der Waals surface area contributed by atoms with E-state index in [1.165, 1.54) is 44.9 Å². The number of hydrogen-bond acceptors (Lipinski definition) is 4. The molecule has 0 amide bonds. The molecule has 6 heteroatoms. The maximum Gasteiger partial charge on any atom is 1.00 e. The van der Waals surface area contributed by atoms with Crippen molar-refractivity contribution >= 4 is 10.1 Å². The van der Waals surface area contributed by atoms with Crippen molar-refractivity contribution in [3.63, 3.8) is 0 Å². The number of aliphatic hydroxyl groups excluding tert-OH is 1. The van der Waals surface area contributed by atoms with E-state index in [-0.39, 0.29) is 57.8 Å². The van der Waals surface area contributed by atoms with Crippen LogP contribution < -0.4 is 51.4 Å². The van der Waals surface area contributed by atoms with E-state index in [4.69, 9.17) is 0 Å². The van der Waals surface area contributed by atoms with Gasteiger partial charge in [-0.05, 0) is 19.3 Å². The smallest absolute Gasteiger partial charge is 0.748 e. The van der Waals surface area contributed by atoms with E-state index in [0.29, 0.717) is 12.8 Å². The van der Waals surface area contributed by atoms with Crippen LogP contribution in [0.15, 0.2) is 0 Å². The Morgan fingerprint density at radius 1 is 0.792 bits per heavy atom. The molecule has 1 N–H and O–H groups in total. The van der Waals surface area contributed by atoms with E-state index < -0.39 is 21.5 Å². The van der Waals surface area contributed by atoms with Gasteiger partial charge in [0.1, 0.15) is 0 Å². The van der Waals surface area contributed by atoms with Crippen LogP contribution >= 0.6 is 0 Å². The Bertz CT molecular complexity index is 360. The molecule has 0 saturated carbocycles. The van der Waals surface area contributed by atoms with Crippen molar-refractivity contribution in [1.29, 1.82) is 0 Å². The van der Waals surface area contributed by atoms with Gasteiger partial charge in [0.15, 0.2) is 0 Å². The molecule has 2 atom stereocenters. The van der Waals surface area contributed by atoms with Gasteiger partial charge in [-0.15, -0.1) is 0 Å². The average Bonchev–Trinajstić information content (AvgIpc) is 2.48. The zero-order valence-corrected chi connectivity index (χ0v) is 20.1. The summed E-state index contributed by atoms with van der Waals surface area (Å²) in [6.07, 6.45) is 12.9. The van der Waals surface area contributed by atoms with Gasteiger partial charge < -0.3 is 9.66 Å². The van der Waals surface area contributed by atoms with Crippen molar-refractivity contribution in [2.45, 2.75) is 115 Å². The summed E-state index contributed by atoms with van der Waals surface area (Å²) in [5.41, 5.74) is 0. The predicted molar refractivity (Wildman–Crippen MR) is 95.5 cm³/mol. The summed E-state index contributed by atoms with van der Waals surface area (Å²) in [5, 5.41) is 9.06. The second-order valence-electron chi connectivity index (χ2n) is 6.76. The molecule has 0 aliphatic carbocycles. The molecule has 2 unspecified atom stereocenters. The van der Waals surface area contributed by atoms with Gasteiger partial charge >= 0.3 is 51.4 Å². The van der Waals surface area contributed by atoms with Crippen molar-refractivity contribution in [2.75, 3.05) is 0 Å². The van der Waals surface area contributed by atoms with Gasteiger partial charge in [-0.2, -0.15) is 0 Å². The summed E-state index contributed by atoms with van der Waals surface area (Å²) in [6, 6.07) is 0. The molecule has 0 rings (SSSR count).